The number of likely N-dealkylation sites (N-methyl/N-ethyl adjacent to an activating group) is 1. The van der Waals surface area contributed by atoms with Crippen molar-refractivity contribution < 1.29 is 9.53 Å². The van der Waals surface area contributed by atoms with Gasteiger partial charge in [0, 0.05) is 52.0 Å². The van der Waals surface area contributed by atoms with Crippen LogP contribution in [-0.4, -0.2) is 64.4 Å². The molecule has 116 valence electrons. The summed E-state index contributed by atoms with van der Waals surface area (Å²) >= 11 is 0. The maximum Gasteiger partial charge on any atom is 0.251 e. The maximum absolute atomic E-state index is 12.0. The minimum Gasteiger partial charge on any atom is -0.363 e. The fourth-order valence-electron chi connectivity index (χ4n) is 3.47. The second-order valence-corrected chi connectivity index (χ2v) is 6.32. The maximum atomic E-state index is 12.0. The van der Waals surface area contributed by atoms with Crippen LogP contribution < -0.4 is 0 Å². The van der Waals surface area contributed by atoms with Crippen molar-refractivity contribution in [2.45, 2.75) is 44.1 Å². The second-order valence-electron chi connectivity index (χ2n) is 6.32. The first-order valence-corrected chi connectivity index (χ1v) is 7.63. The summed E-state index contributed by atoms with van der Waals surface area (Å²) in [5.74, 6) is 0.0964. The molecule has 2 saturated heterocycles. The van der Waals surface area contributed by atoms with Gasteiger partial charge in [0.25, 0.3) is 5.91 Å². The van der Waals surface area contributed by atoms with Gasteiger partial charge in [0.15, 0.2) is 0 Å². The number of nitrogens with zero attached hydrogens (tertiary/aromatic N) is 4. The van der Waals surface area contributed by atoms with E-state index in [0.29, 0.717) is 6.04 Å². The summed E-state index contributed by atoms with van der Waals surface area (Å²) in [7, 11) is 5.53. The lowest BCUT2D eigenvalue weighted by Gasteiger charge is -2.36. The van der Waals surface area contributed by atoms with Gasteiger partial charge in [-0.2, -0.15) is 5.10 Å². The van der Waals surface area contributed by atoms with Crippen LogP contribution in [0.25, 0.3) is 0 Å². The first-order chi connectivity index (χ1) is 10.0. The highest BCUT2D eigenvalue weighted by Gasteiger charge is 2.41. The van der Waals surface area contributed by atoms with Crippen LogP contribution in [0.2, 0.25) is 0 Å². The van der Waals surface area contributed by atoms with Crippen LogP contribution in [0.4, 0.5) is 0 Å². The molecular weight excluding hydrogens is 268 g/mol. The number of amides is 1. The molecule has 1 aromatic rings. The Balaban J connectivity index is 1.60. The largest absolute Gasteiger partial charge is 0.363 e. The summed E-state index contributed by atoms with van der Waals surface area (Å²) in [4.78, 5) is 16.1. The number of carbonyl (C=O) groups excluding carboxylic acids is 1. The summed E-state index contributed by atoms with van der Waals surface area (Å²) in [5.41, 5.74) is 1.24. The lowest BCUT2D eigenvalue weighted by Crippen LogP contribution is -2.47. The molecule has 6 nitrogen and oxygen atoms in total. The van der Waals surface area contributed by atoms with Gasteiger partial charge in [-0.15, -0.1) is 0 Å². The number of hydrogen-bond donors (Lipinski definition) is 0. The van der Waals surface area contributed by atoms with Crippen LogP contribution in [0.15, 0.2) is 12.4 Å². The van der Waals surface area contributed by atoms with Crippen LogP contribution in [0.1, 0.15) is 24.8 Å². The third-order valence-electron chi connectivity index (χ3n) is 4.52. The molecule has 3 rings (SSSR count). The molecule has 2 aliphatic rings. The lowest BCUT2D eigenvalue weighted by molar-refractivity contribution is -0.152. The molecule has 0 saturated carbocycles. The highest BCUT2D eigenvalue weighted by atomic mass is 16.5. The molecule has 21 heavy (non-hydrogen) atoms. The highest BCUT2D eigenvalue weighted by molar-refractivity contribution is 5.80. The molecule has 0 spiro atoms. The number of rotatable bonds is 3. The summed E-state index contributed by atoms with van der Waals surface area (Å²) in [6.45, 7) is 1.96. The first-order valence-electron chi connectivity index (χ1n) is 7.63. The zero-order valence-electron chi connectivity index (χ0n) is 13.0. The van der Waals surface area contributed by atoms with E-state index in [1.165, 1.54) is 5.56 Å². The van der Waals surface area contributed by atoms with Crippen LogP contribution in [0.5, 0.6) is 0 Å². The average Bonchev–Trinajstić information content (AvgIpc) is 3.05. The van der Waals surface area contributed by atoms with Crippen molar-refractivity contribution >= 4 is 5.91 Å². The van der Waals surface area contributed by atoms with Crippen LogP contribution in [0, 0.1) is 0 Å². The molecule has 0 bridgehead atoms. The Kier molecular flexibility index (Phi) is 3.99. The number of ether oxygens (including phenoxy) is 1. The van der Waals surface area contributed by atoms with Gasteiger partial charge >= 0.3 is 0 Å². The van der Waals surface area contributed by atoms with Crippen molar-refractivity contribution in [3.63, 3.8) is 0 Å². The van der Waals surface area contributed by atoms with E-state index < -0.39 is 0 Å². The van der Waals surface area contributed by atoms with Crippen LogP contribution in [-0.2, 0) is 23.1 Å². The third kappa shape index (κ3) is 2.96. The predicted octanol–water partition coefficient (Wildman–Crippen LogP) is 0.630. The molecule has 0 radical (unpaired) electrons. The topological polar surface area (TPSA) is 50.6 Å². The molecular formula is C15H24N4O2. The lowest BCUT2D eigenvalue weighted by atomic mass is 9.98. The molecule has 1 amide bonds. The van der Waals surface area contributed by atoms with Gasteiger partial charge in [-0.3, -0.25) is 14.4 Å². The molecule has 1 aromatic heterocycles. The summed E-state index contributed by atoms with van der Waals surface area (Å²) in [6, 6.07) is 0.441. The molecule has 2 aliphatic heterocycles. The number of fused-ring (bicyclic) bond motifs is 1. The smallest absolute Gasteiger partial charge is 0.251 e. The quantitative estimate of drug-likeness (QED) is 0.820. The van der Waals surface area contributed by atoms with E-state index >= 15 is 0 Å². The Morgan fingerprint density at radius 1 is 1.43 bits per heavy atom. The van der Waals surface area contributed by atoms with Gasteiger partial charge in [-0.1, -0.05) is 0 Å². The van der Waals surface area contributed by atoms with E-state index in [9.17, 15) is 4.79 Å². The van der Waals surface area contributed by atoms with Gasteiger partial charge < -0.3 is 9.64 Å². The monoisotopic (exact) mass is 292 g/mol. The van der Waals surface area contributed by atoms with E-state index in [0.717, 1.165) is 32.4 Å². The molecule has 0 N–H and O–H groups in total. The zero-order valence-corrected chi connectivity index (χ0v) is 13.0. The number of likely N-dealkylation sites (tertiary alicyclic amines) is 1. The normalized spacial score (nSPS) is 29.4. The van der Waals surface area contributed by atoms with Crippen molar-refractivity contribution in [1.82, 2.24) is 19.6 Å². The molecule has 3 atom stereocenters. The number of aromatic nitrogens is 2. The Bertz CT molecular complexity index is 514. The Morgan fingerprint density at radius 2 is 2.24 bits per heavy atom. The first kappa shape index (κ1) is 14.5. The van der Waals surface area contributed by atoms with Gasteiger partial charge in [0.05, 0.1) is 12.3 Å². The molecule has 6 heteroatoms. The van der Waals surface area contributed by atoms with Crippen molar-refractivity contribution in [3.05, 3.63) is 18.0 Å². The minimum absolute atomic E-state index is 0.0964. The van der Waals surface area contributed by atoms with Gasteiger partial charge in [-0.25, -0.2) is 0 Å². The Morgan fingerprint density at radius 3 is 2.90 bits per heavy atom. The number of aryl methyl sites for hydroxylation is 1. The van der Waals surface area contributed by atoms with E-state index in [1.807, 2.05) is 17.9 Å². The summed E-state index contributed by atoms with van der Waals surface area (Å²) < 4.78 is 7.89. The second kappa shape index (κ2) is 5.77. The van der Waals surface area contributed by atoms with Gasteiger partial charge in [0.2, 0.25) is 0 Å². The van der Waals surface area contributed by atoms with Crippen molar-refractivity contribution in [2.24, 2.45) is 7.05 Å². The SMILES string of the molecule is CN(C)C(=O)[C@@H]1CC[C@H]2[C@H](CCN2Cc2cnn(C)c2)O1. The standard InChI is InChI=1S/C15H24N4O2/c1-17(2)15(20)14-5-4-12-13(21-14)6-7-19(12)10-11-8-16-18(3)9-11/h8-9,12-14H,4-7,10H2,1-3H3/t12-,13-,14-/m0/s1. The summed E-state index contributed by atoms with van der Waals surface area (Å²) in [5, 5.41) is 4.23. The van der Waals surface area contributed by atoms with Crippen molar-refractivity contribution in [3.8, 4) is 0 Å². The fraction of sp³-hybridized carbons (Fsp3) is 0.733. The van der Waals surface area contributed by atoms with Crippen molar-refractivity contribution in [1.29, 1.82) is 0 Å². The number of carbonyl (C=O) groups is 1. The molecule has 2 fully saturated rings. The van der Waals surface area contributed by atoms with Crippen LogP contribution >= 0.6 is 0 Å². The van der Waals surface area contributed by atoms with Gasteiger partial charge in [0.1, 0.15) is 6.10 Å². The minimum atomic E-state index is -0.250. The average molecular weight is 292 g/mol. The van der Waals surface area contributed by atoms with Gasteiger partial charge in [-0.05, 0) is 19.3 Å². The van der Waals surface area contributed by atoms with E-state index in [2.05, 4.69) is 16.2 Å². The predicted molar refractivity (Wildman–Crippen MR) is 78.6 cm³/mol. The van der Waals surface area contributed by atoms with E-state index in [1.54, 1.807) is 19.0 Å². The molecule has 0 aromatic carbocycles. The van der Waals surface area contributed by atoms with Crippen LogP contribution in [0.3, 0.4) is 0 Å². The summed E-state index contributed by atoms with van der Waals surface area (Å²) in [6.07, 6.45) is 6.81. The molecule has 0 aliphatic carbocycles. The Hall–Kier alpha value is -1.40. The molecule has 3 heterocycles. The fourth-order valence-corrected chi connectivity index (χ4v) is 3.47. The van der Waals surface area contributed by atoms with Crippen molar-refractivity contribution in [2.75, 3.05) is 20.6 Å². The number of hydrogen-bond acceptors (Lipinski definition) is 4. The van der Waals surface area contributed by atoms with E-state index in [-0.39, 0.29) is 18.1 Å². The van der Waals surface area contributed by atoms with E-state index in [4.69, 9.17) is 4.74 Å². The molecule has 0 unspecified atom stereocenters. The third-order valence-corrected chi connectivity index (χ3v) is 4.52. The Labute approximate surface area is 125 Å². The highest BCUT2D eigenvalue weighted by Crippen LogP contribution is 2.32. The zero-order chi connectivity index (χ0) is 15.0.